The average molecular weight is 341 g/mol. The molecule has 104 valence electrons. The highest BCUT2D eigenvalue weighted by molar-refractivity contribution is 9.10. The fraction of sp³-hybridized carbons (Fsp3) is 0.778. The first-order chi connectivity index (χ1) is 8.27. The van der Waals surface area contributed by atoms with Gasteiger partial charge in [-0.3, -0.25) is 0 Å². The Morgan fingerprint density at radius 1 is 1.50 bits per heavy atom. The van der Waals surface area contributed by atoms with E-state index in [1.54, 1.807) is 0 Å². The van der Waals surface area contributed by atoms with Crippen molar-refractivity contribution in [2.75, 3.05) is 6.61 Å². The Labute approximate surface area is 115 Å². The van der Waals surface area contributed by atoms with E-state index in [0.29, 0.717) is 6.42 Å². The van der Waals surface area contributed by atoms with E-state index < -0.39 is 16.1 Å². The Kier molecular flexibility index (Phi) is 5.26. The summed E-state index contributed by atoms with van der Waals surface area (Å²) in [5, 5.41) is 16.4. The van der Waals surface area contributed by atoms with Crippen molar-refractivity contribution in [3.8, 4) is 0 Å². The summed E-state index contributed by atoms with van der Waals surface area (Å²) in [7, 11) is -2.27. The third kappa shape index (κ3) is 3.74. The summed E-state index contributed by atoms with van der Waals surface area (Å²) in [6.07, 6.45) is 0.554. The predicted molar refractivity (Wildman–Crippen MR) is 69.4 cm³/mol. The molecule has 1 unspecified atom stereocenters. The summed E-state index contributed by atoms with van der Waals surface area (Å²) < 4.78 is 28.0. The van der Waals surface area contributed by atoms with Crippen molar-refractivity contribution in [1.82, 2.24) is 19.7 Å². The van der Waals surface area contributed by atoms with Gasteiger partial charge in [0.2, 0.25) is 5.03 Å². The van der Waals surface area contributed by atoms with Gasteiger partial charge in [-0.1, -0.05) is 19.1 Å². The molecular weight excluding hydrogens is 324 g/mol. The molecule has 2 N–H and O–H groups in total. The number of aliphatic hydroxyl groups is 1. The maximum Gasteiger partial charge on any atom is 0.260 e. The second kappa shape index (κ2) is 6.09. The normalized spacial score (nSPS) is 14.1. The highest BCUT2D eigenvalue weighted by Gasteiger charge is 2.26. The molecule has 0 fully saturated rings. The fourth-order valence-electron chi connectivity index (χ4n) is 1.61. The second-order valence-electron chi connectivity index (χ2n) is 4.44. The van der Waals surface area contributed by atoms with E-state index in [-0.39, 0.29) is 22.2 Å². The molecule has 0 radical (unpaired) electrons. The van der Waals surface area contributed by atoms with Gasteiger partial charge in [-0.25, -0.2) is 17.8 Å². The van der Waals surface area contributed by atoms with Gasteiger partial charge in [0.15, 0.2) is 4.60 Å². The van der Waals surface area contributed by atoms with Crippen molar-refractivity contribution >= 4 is 26.0 Å². The molecule has 0 saturated carbocycles. The highest BCUT2D eigenvalue weighted by atomic mass is 79.9. The topological polar surface area (TPSA) is 97.1 Å². The van der Waals surface area contributed by atoms with Crippen molar-refractivity contribution in [2.24, 2.45) is 13.0 Å². The number of sulfonamides is 1. The second-order valence-corrected chi connectivity index (χ2v) is 6.82. The van der Waals surface area contributed by atoms with E-state index in [1.165, 1.54) is 7.05 Å². The van der Waals surface area contributed by atoms with E-state index in [1.807, 2.05) is 13.8 Å². The molecule has 9 heteroatoms. The number of hydrogen-bond acceptors (Lipinski definition) is 5. The largest absolute Gasteiger partial charge is 0.395 e. The van der Waals surface area contributed by atoms with Gasteiger partial charge in [-0.05, 0) is 28.3 Å². The zero-order valence-corrected chi connectivity index (χ0v) is 12.9. The molecular formula is C9H17BrN4O3S. The van der Waals surface area contributed by atoms with Crippen LogP contribution in [0.25, 0.3) is 0 Å². The first-order valence-corrected chi connectivity index (χ1v) is 7.74. The maximum absolute atomic E-state index is 12.1. The van der Waals surface area contributed by atoms with Crippen LogP contribution in [-0.4, -0.2) is 41.2 Å². The molecule has 1 rings (SSSR count). The molecule has 0 spiro atoms. The Morgan fingerprint density at radius 2 is 2.11 bits per heavy atom. The van der Waals surface area contributed by atoms with Crippen molar-refractivity contribution < 1.29 is 13.5 Å². The summed E-state index contributed by atoms with van der Waals surface area (Å²) >= 11 is 3.04. The summed E-state index contributed by atoms with van der Waals surface area (Å²) in [5.41, 5.74) is 0. The molecule has 1 heterocycles. The fourth-order valence-corrected chi connectivity index (χ4v) is 3.95. The first-order valence-electron chi connectivity index (χ1n) is 5.46. The van der Waals surface area contributed by atoms with E-state index in [2.05, 4.69) is 31.0 Å². The van der Waals surface area contributed by atoms with E-state index >= 15 is 0 Å². The molecule has 18 heavy (non-hydrogen) atoms. The number of hydrogen-bond donors (Lipinski definition) is 2. The van der Waals surface area contributed by atoms with Gasteiger partial charge < -0.3 is 5.11 Å². The Bertz CT molecular complexity index is 480. The third-order valence-electron chi connectivity index (χ3n) is 2.29. The summed E-state index contributed by atoms with van der Waals surface area (Å²) in [6.45, 7) is 3.66. The van der Waals surface area contributed by atoms with E-state index in [4.69, 9.17) is 0 Å². The number of rotatable bonds is 6. The Balaban J connectivity index is 2.94. The van der Waals surface area contributed by atoms with Gasteiger partial charge in [-0.2, -0.15) is 0 Å². The number of nitrogens with zero attached hydrogens (tertiary/aromatic N) is 3. The van der Waals surface area contributed by atoms with E-state index in [0.717, 1.165) is 4.68 Å². The number of aromatic nitrogens is 3. The highest BCUT2D eigenvalue weighted by Crippen LogP contribution is 2.18. The number of aliphatic hydroxyl groups excluding tert-OH is 1. The molecule has 0 aliphatic rings. The standard InChI is InChI=1S/C9H17BrN4O3S/c1-6(2)4-7(5-15)12-18(16,17)9-8(10)11-13-14(9)3/h6-7,12,15H,4-5H2,1-3H3. The van der Waals surface area contributed by atoms with Gasteiger partial charge in [0, 0.05) is 13.1 Å². The minimum atomic E-state index is -3.75. The van der Waals surface area contributed by atoms with Gasteiger partial charge in [0.25, 0.3) is 10.0 Å². The molecule has 1 aromatic heterocycles. The maximum atomic E-state index is 12.1. The van der Waals surface area contributed by atoms with Crippen molar-refractivity contribution in [3.63, 3.8) is 0 Å². The zero-order chi connectivity index (χ0) is 13.9. The molecule has 0 aliphatic heterocycles. The minimum absolute atomic E-state index is 0.0512. The lowest BCUT2D eigenvalue weighted by Crippen LogP contribution is -2.39. The van der Waals surface area contributed by atoms with Crippen LogP contribution in [0.2, 0.25) is 0 Å². The van der Waals surface area contributed by atoms with Crippen LogP contribution in [0.1, 0.15) is 20.3 Å². The Hall–Kier alpha value is -0.510. The molecule has 1 atom stereocenters. The smallest absolute Gasteiger partial charge is 0.260 e. The van der Waals surface area contributed by atoms with Gasteiger partial charge >= 0.3 is 0 Å². The molecule has 0 aliphatic carbocycles. The van der Waals surface area contributed by atoms with Crippen LogP contribution in [0.15, 0.2) is 9.63 Å². The van der Waals surface area contributed by atoms with Crippen molar-refractivity contribution in [2.45, 2.75) is 31.3 Å². The average Bonchev–Trinajstić information content (AvgIpc) is 2.56. The van der Waals surface area contributed by atoms with Crippen LogP contribution in [0.4, 0.5) is 0 Å². The van der Waals surface area contributed by atoms with Crippen molar-refractivity contribution in [3.05, 3.63) is 4.60 Å². The van der Waals surface area contributed by atoms with E-state index in [9.17, 15) is 13.5 Å². The lowest BCUT2D eigenvalue weighted by atomic mass is 10.1. The monoisotopic (exact) mass is 340 g/mol. The van der Waals surface area contributed by atoms with Gasteiger partial charge in [0.1, 0.15) is 0 Å². The number of nitrogens with one attached hydrogen (secondary N) is 1. The SMILES string of the molecule is CC(C)CC(CO)NS(=O)(=O)c1c(Br)nnn1C. The lowest BCUT2D eigenvalue weighted by Gasteiger charge is -2.18. The molecule has 0 amide bonds. The van der Waals surface area contributed by atoms with Crippen LogP contribution in [0.5, 0.6) is 0 Å². The molecule has 0 saturated heterocycles. The molecule has 1 aromatic rings. The quantitative estimate of drug-likeness (QED) is 0.774. The van der Waals surface area contributed by atoms with Crippen LogP contribution in [0.3, 0.4) is 0 Å². The third-order valence-corrected chi connectivity index (χ3v) is 4.70. The number of aryl methyl sites for hydroxylation is 1. The molecule has 0 bridgehead atoms. The number of halogens is 1. The van der Waals surface area contributed by atoms with Crippen LogP contribution in [0, 0.1) is 5.92 Å². The van der Waals surface area contributed by atoms with Crippen LogP contribution in [-0.2, 0) is 17.1 Å². The Morgan fingerprint density at radius 3 is 2.50 bits per heavy atom. The van der Waals surface area contributed by atoms with Gasteiger partial charge in [-0.15, -0.1) is 5.10 Å². The minimum Gasteiger partial charge on any atom is -0.395 e. The summed E-state index contributed by atoms with van der Waals surface area (Å²) in [5.74, 6) is 0.276. The van der Waals surface area contributed by atoms with Crippen LogP contribution >= 0.6 is 15.9 Å². The summed E-state index contributed by atoms with van der Waals surface area (Å²) in [4.78, 5) is 0. The van der Waals surface area contributed by atoms with Crippen molar-refractivity contribution in [1.29, 1.82) is 0 Å². The molecule has 0 aromatic carbocycles. The molecule has 7 nitrogen and oxygen atoms in total. The first kappa shape index (κ1) is 15.5. The lowest BCUT2D eigenvalue weighted by molar-refractivity contribution is 0.239. The van der Waals surface area contributed by atoms with Gasteiger partial charge in [0.05, 0.1) is 6.61 Å². The van der Waals surface area contributed by atoms with Crippen LogP contribution < -0.4 is 4.72 Å². The zero-order valence-electron chi connectivity index (χ0n) is 10.5. The summed E-state index contributed by atoms with van der Waals surface area (Å²) in [6, 6.07) is -0.517. The predicted octanol–water partition coefficient (Wildman–Crippen LogP) is 0.263.